The van der Waals surface area contributed by atoms with Crippen LogP contribution in [0.4, 0.5) is 15.8 Å². The van der Waals surface area contributed by atoms with Gasteiger partial charge in [0.25, 0.3) is 0 Å². The van der Waals surface area contributed by atoms with Crippen molar-refractivity contribution in [2.45, 2.75) is 6.92 Å². The van der Waals surface area contributed by atoms with Gasteiger partial charge in [-0.2, -0.15) is 0 Å². The molecule has 0 aliphatic carbocycles. The van der Waals surface area contributed by atoms with Crippen LogP contribution in [0.25, 0.3) is 0 Å². The first-order chi connectivity index (χ1) is 8.97. The first kappa shape index (κ1) is 13.5. The number of nitrogens with one attached hydrogen (secondary N) is 1. The Hall–Kier alpha value is -1.88. The number of aryl methyl sites for hydroxylation is 1. The molecule has 0 saturated heterocycles. The lowest BCUT2D eigenvalue weighted by molar-refractivity contribution is 0.0698. The van der Waals surface area contributed by atoms with Gasteiger partial charge in [0, 0.05) is 4.47 Å². The standard InChI is InChI=1S/C14H11BrFNO2/c1-8-2-4-10(14(18)19)13(6-8)17-12-5-3-9(15)7-11(12)16/h2-7,17H,1H3,(H,18,19). The van der Waals surface area contributed by atoms with Crippen molar-refractivity contribution in [2.75, 3.05) is 5.32 Å². The zero-order chi connectivity index (χ0) is 14.0. The highest BCUT2D eigenvalue weighted by atomic mass is 79.9. The largest absolute Gasteiger partial charge is 0.478 e. The third kappa shape index (κ3) is 3.12. The van der Waals surface area contributed by atoms with E-state index in [-0.39, 0.29) is 11.3 Å². The van der Waals surface area contributed by atoms with Crippen LogP contribution in [0.5, 0.6) is 0 Å². The van der Waals surface area contributed by atoms with Crippen LogP contribution in [-0.2, 0) is 0 Å². The van der Waals surface area contributed by atoms with Crippen molar-refractivity contribution in [3.05, 3.63) is 57.8 Å². The summed E-state index contributed by atoms with van der Waals surface area (Å²) in [6, 6.07) is 9.42. The number of carbonyl (C=O) groups is 1. The van der Waals surface area contributed by atoms with Gasteiger partial charge in [0.2, 0.25) is 0 Å². The summed E-state index contributed by atoms with van der Waals surface area (Å²) in [4.78, 5) is 11.1. The summed E-state index contributed by atoms with van der Waals surface area (Å²) in [6.07, 6.45) is 0. The predicted octanol–water partition coefficient (Wildman–Crippen LogP) is 4.34. The maximum absolute atomic E-state index is 13.7. The second kappa shape index (κ2) is 5.40. The van der Waals surface area contributed by atoms with Crippen molar-refractivity contribution in [1.82, 2.24) is 0 Å². The molecule has 0 aromatic heterocycles. The van der Waals surface area contributed by atoms with Crippen LogP contribution in [0.2, 0.25) is 0 Å². The molecule has 0 aliphatic rings. The van der Waals surface area contributed by atoms with E-state index in [1.165, 1.54) is 12.1 Å². The number of halogens is 2. The maximum Gasteiger partial charge on any atom is 0.337 e. The maximum atomic E-state index is 13.7. The van der Waals surface area contributed by atoms with E-state index < -0.39 is 11.8 Å². The Morgan fingerprint density at radius 3 is 2.58 bits per heavy atom. The summed E-state index contributed by atoms with van der Waals surface area (Å²) in [5.74, 6) is -1.51. The Kier molecular flexibility index (Phi) is 3.85. The normalized spacial score (nSPS) is 10.3. The molecule has 0 fully saturated rings. The van der Waals surface area contributed by atoms with E-state index in [0.29, 0.717) is 10.2 Å². The van der Waals surface area contributed by atoms with E-state index in [2.05, 4.69) is 21.2 Å². The monoisotopic (exact) mass is 323 g/mol. The minimum Gasteiger partial charge on any atom is -0.478 e. The smallest absolute Gasteiger partial charge is 0.337 e. The second-order valence-electron chi connectivity index (χ2n) is 4.10. The molecular formula is C14H11BrFNO2. The van der Waals surface area contributed by atoms with Gasteiger partial charge in [-0.05, 0) is 42.8 Å². The molecule has 3 nitrogen and oxygen atoms in total. The molecule has 5 heteroatoms. The summed E-state index contributed by atoms with van der Waals surface area (Å²) in [5.41, 5.74) is 1.60. The number of carboxylic acid groups (broad SMARTS) is 1. The van der Waals surface area contributed by atoms with Crippen molar-refractivity contribution in [3.63, 3.8) is 0 Å². The zero-order valence-electron chi connectivity index (χ0n) is 10.1. The molecule has 0 amide bonds. The van der Waals surface area contributed by atoms with E-state index in [0.717, 1.165) is 5.56 Å². The Morgan fingerprint density at radius 1 is 1.21 bits per heavy atom. The van der Waals surface area contributed by atoms with Gasteiger partial charge in [-0.15, -0.1) is 0 Å². The molecule has 0 radical (unpaired) electrons. The summed E-state index contributed by atoms with van der Waals surface area (Å²) in [7, 11) is 0. The molecule has 0 bridgehead atoms. The quantitative estimate of drug-likeness (QED) is 0.883. The lowest BCUT2D eigenvalue weighted by Crippen LogP contribution is -2.04. The van der Waals surface area contributed by atoms with Gasteiger partial charge in [0.05, 0.1) is 16.9 Å². The van der Waals surface area contributed by atoms with Gasteiger partial charge in [-0.25, -0.2) is 9.18 Å². The minimum atomic E-state index is -1.06. The van der Waals surface area contributed by atoms with Gasteiger partial charge < -0.3 is 10.4 Å². The molecule has 0 spiro atoms. The highest BCUT2D eigenvalue weighted by Crippen LogP contribution is 2.26. The molecule has 2 aromatic rings. The molecular weight excluding hydrogens is 313 g/mol. The Bertz CT molecular complexity index is 643. The van der Waals surface area contributed by atoms with E-state index in [9.17, 15) is 9.18 Å². The number of rotatable bonds is 3. The van der Waals surface area contributed by atoms with Crippen LogP contribution in [0.15, 0.2) is 40.9 Å². The van der Waals surface area contributed by atoms with Crippen LogP contribution in [0.3, 0.4) is 0 Å². The molecule has 19 heavy (non-hydrogen) atoms. The highest BCUT2D eigenvalue weighted by molar-refractivity contribution is 9.10. The van der Waals surface area contributed by atoms with E-state index in [4.69, 9.17) is 5.11 Å². The van der Waals surface area contributed by atoms with E-state index in [1.807, 2.05) is 6.92 Å². The Balaban J connectivity index is 2.42. The minimum absolute atomic E-state index is 0.105. The van der Waals surface area contributed by atoms with Crippen LogP contribution in [0, 0.1) is 12.7 Å². The number of hydrogen-bond donors (Lipinski definition) is 2. The topological polar surface area (TPSA) is 49.3 Å². The van der Waals surface area contributed by atoms with Crippen molar-refractivity contribution in [3.8, 4) is 0 Å². The van der Waals surface area contributed by atoms with Crippen LogP contribution in [0.1, 0.15) is 15.9 Å². The van der Waals surface area contributed by atoms with Crippen LogP contribution in [-0.4, -0.2) is 11.1 Å². The van der Waals surface area contributed by atoms with Crippen LogP contribution < -0.4 is 5.32 Å². The summed E-state index contributed by atoms with van der Waals surface area (Å²) >= 11 is 3.17. The van der Waals surface area contributed by atoms with Crippen molar-refractivity contribution in [2.24, 2.45) is 0 Å². The number of benzene rings is 2. The Labute approximate surface area is 118 Å². The van der Waals surface area contributed by atoms with E-state index in [1.54, 1.807) is 24.3 Å². The Morgan fingerprint density at radius 2 is 1.95 bits per heavy atom. The first-order valence-corrected chi connectivity index (χ1v) is 6.32. The van der Waals surface area contributed by atoms with Gasteiger partial charge in [0.15, 0.2) is 0 Å². The number of hydrogen-bond acceptors (Lipinski definition) is 2. The van der Waals surface area contributed by atoms with E-state index >= 15 is 0 Å². The SMILES string of the molecule is Cc1ccc(C(=O)O)c(Nc2ccc(Br)cc2F)c1. The molecule has 0 saturated carbocycles. The van der Waals surface area contributed by atoms with Crippen molar-refractivity contribution >= 4 is 33.3 Å². The first-order valence-electron chi connectivity index (χ1n) is 5.53. The average Bonchev–Trinajstić information content (AvgIpc) is 2.32. The molecule has 98 valence electrons. The molecule has 0 aliphatic heterocycles. The van der Waals surface area contributed by atoms with Crippen molar-refractivity contribution < 1.29 is 14.3 Å². The fourth-order valence-electron chi connectivity index (χ4n) is 1.68. The molecule has 0 unspecified atom stereocenters. The van der Waals surface area contributed by atoms with Gasteiger partial charge in [-0.1, -0.05) is 22.0 Å². The molecule has 2 aromatic carbocycles. The predicted molar refractivity (Wildman–Crippen MR) is 75.5 cm³/mol. The second-order valence-corrected chi connectivity index (χ2v) is 5.02. The van der Waals surface area contributed by atoms with Crippen molar-refractivity contribution in [1.29, 1.82) is 0 Å². The third-order valence-electron chi connectivity index (χ3n) is 2.61. The third-order valence-corrected chi connectivity index (χ3v) is 3.10. The molecule has 0 atom stereocenters. The summed E-state index contributed by atoms with van der Waals surface area (Å²) < 4.78 is 14.4. The zero-order valence-corrected chi connectivity index (χ0v) is 11.7. The summed E-state index contributed by atoms with van der Waals surface area (Å²) in [6.45, 7) is 1.84. The van der Waals surface area contributed by atoms with Gasteiger partial charge >= 0.3 is 5.97 Å². The number of carboxylic acids is 1. The van der Waals surface area contributed by atoms with Crippen LogP contribution >= 0.6 is 15.9 Å². The number of aromatic carboxylic acids is 1. The summed E-state index contributed by atoms with van der Waals surface area (Å²) in [5, 5.41) is 11.9. The highest BCUT2D eigenvalue weighted by Gasteiger charge is 2.12. The molecule has 2 rings (SSSR count). The fourth-order valence-corrected chi connectivity index (χ4v) is 2.02. The molecule has 2 N–H and O–H groups in total. The fraction of sp³-hybridized carbons (Fsp3) is 0.0714. The lowest BCUT2D eigenvalue weighted by Gasteiger charge is -2.11. The average molecular weight is 324 g/mol. The number of anilines is 2. The lowest BCUT2D eigenvalue weighted by atomic mass is 10.1. The molecule has 0 heterocycles. The van der Waals surface area contributed by atoms with Gasteiger partial charge in [0.1, 0.15) is 5.82 Å². The van der Waals surface area contributed by atoms with Gasteiger partial charge in [-0.3, -0.25) is 0 Å².